The van der Waals surface area contributed by atoms with Gasteiger partial charge in [-0.3, -0.25) is 9.59 Å². The number of unbranched alkanes of at least 4 members (excludes halogenated alkanes) is 1. The molecule has 0 aliphatic carbocycles. The molecule has 0 spiro atoms. The van der Waals surface area contributed by atoms with Gasteiger partial charge in [-0.05, 0) is 57.2 Å². The summed E-state index contributed by atoms with van der Waals surface area (Å²) in [7, 11) is 0. The fraction of sp³-hybridized carbons (Fsp3) is 0.593. The number of pyridine rings is 1. The maximum absolute atomic E-state index is 13.6. The second-order valence-electron chi connectivity index (χ2n) is 10.5. The van der Waals surface area contributed by atoms with Crippen LogP contribution in [0.3, 0.4) is 0 Å². The molecule has 194 valence electrons. The molecule has 8 nitrogen and oxygen atoms in total. The van der Waals surface area contributed by atoms with Crippen molar-refractivity contribution in [2.75, 3.05) is 6.61 Å². The number of carbonyl (C=O) groups excluding carboxylic acids is 1. The lowest BCUT2D eigenvalue weighted by Crippen LogP contribution is -2.35. The molecule has 1 amide bonds. The monoisotopic (exact) mass is 488 g/mol. The smallest absolute Gasteiger partial charge is 0.407 e. The highest BCUT2D eigenvalue weighted by Crippen LogP contribution is 2.30. The number of aliphatic carboxylic acids is 1. The summed E-state index contributed by atoms with van der Waals surface area (Å²) in [5.41, 5.74) is 0.554. The number of rotatable bonds is 11. The number of hydrogen-bond acceptors (Lipinski definition) is 5. The number of amides is 1. The fourth-order valence-corrected chi connectivity index (χ4v) is 3.76. The molecule has 0 saturated carbocycles. The van der Waals surface area contributed by atoms with Crippen molar-refractivity contribution in [3.05, 3.63) is 39.8 Å². The minimum atomic E-state index is -0.876. The van der Waals surface area contributed by atoms with Crippen molar-refractivity contribution in [2.45, 2.75) is 86.4 Å². The summed E-state index contributed by atoms with van der Waals surface area (Å²) < 4.78 is 13.3. The van der Waals surface area contributed by atoms with Crippen LogP contribution in [0.4, 0.5) is 4.79 Å². The molecular formula is C27H40N2O6. The van der Waals surface area contributed by atoms with Crippen molar-refractivity contribution in [1.82, 2.24) is 9.88 Å². The van der Waals surface area contributed by atoms with Gasteiger partial charge in [0, 0.05) is 11.9 Å². The first kappa shape index (κ1) is 28.2. The van der Waals surface area contributed by atoms with E-state index >= 15 is 0 Å². The van der Waals surface area contributed by atoms with Crippen LogP contribution in [-0.2, 0) is 29.0 Å². The quantitative estimate of drug-likeness (QED) is 0.425. The zero-order valence-corrected chi connectivity index (χ0v) is 22.1. The van der Waals surface area contributed by atoms with Crippen LogP contribution in [-0.4, -0.2) is 33.9 Å². The van der Waals surface area contributed by atoms with Crippen LogP contribution in [0.1, 0.15) is 72.6 Å². The van der Waals surface area contributed by atoms with Gasteiger partial charge in [-0.25, -0.2) is 4.79 Å². The largest absolute Gasteiger partial charge is 0.491 e. The van der Waals surface area contributed by atoms with Crippen molar-refractivity contribution in [3.63, 3.8) is 0 Å². The average molecular weight is 489 g/mol. The van der Waals surface area contributed by atoms with Crippen LogP contribution in [0.2, 0.25) is 0 Å². The Balaban J connectivity index is 2.66. The number of carbonyl (C=O) groups is 2. The molecule has 1 aromatic carbocycles. The second kappa shape index (κ2) is 12.1. The third-order valence-corrected chi connectivity index (χ3v) is 5.45. The Morgan fingerprint density at radius 1 is 1.14 bits per heavy atom. The fourth-order valence-electron chi connectivity index (χ4n) is 3.76. The Kier molecular flexibility index (Phi) is 9.74. The van der Waals surface area contributed by atoms with Gasteiger partial charge in [0.25, 0.3) is 5.56 Å². The number of ether oxygens (including phenoxy) is 2. The van der Waals surface area contributed by atoms with Gasteiger partial charge in [-0.15, -0.1) is 0 Å². The molecule has 1 aromatic heterocycles. The minimum Gasteiger partial charge on any atom is -0.491 e. The minimum absolute atomic E-state index is 0.0596. The van der Waals surface area contributed by atoms with Crippen LogP contribution < -0.4 is 15.6 Å². The van der Waals surface area contributed by atoms with E-state index in [9.17, 15) is 19.5 Å². The van der Waals surface area contributed by atoms with Crippen LogP contribution >= 0.6 is 0 Å². The highest BCUT2D eigenvalue weighted by atomic mass is 16.6. The first-order valence-corrected chi connectivity index (χ1v) is 12.3. The van der Waals surface area contributed by atoms with E-state index in [1.54, 1.807) is 44.4 Å². The van der Waals surface area contributed by atoms with Gasteiger partial charge in [-0.2, -0.15) is 0 Å². The number of carboxylic acid groups (broad SMARTS) is 1. The zero-order chi connectivity index (χ0) is 26.3. The number of hydrogen-bond donors (Lipinski definition) is 2. The molecule has 1 heterocycles. The van der Waals surface area contributed by atoms with E-state index in [1.165, 1.54) is 0 Å². The summed E-state index contributed by atoms with van der Waals surface area (Å²) in [6.45, 7) is 14.1. The van der Waals surface area contributed by atoms with E-state index < -0.39 is 23.6 Å². The van der Waals surface area contributed by atoms with Gasteiger partial charge in [0.15, 0.2) is 0 Å². The van der Waals surface area contributed by atoms with Crippen molar-refractivity contribution in [3.8, 4) is 5.75 Å². The van der Waals surface area contributed by atoms with Crippen LogP contribution in [0.25, 0.3) is 10.8 Å². The Labute approximate surface area is 207 Å². The molecular weight excluding hydrogens is 448 g/mol. The Morgan fingerprint density at radius 2 is 1.83 bits per heavy atom. The molecule has 0 aliphatic heterocycles. The van der Waals surface area contributed by atoms with E-state index in [0.29, 0.717) is 41.8 Å². The van der Waals surface area contributed by atoms with Crippen LogP contribution in [0, 0.1) is 11.8 Å². The normalized spacial score (nSPS) is 12.6. The molecule has 8 heteroatoms. The summed E-state index contributed by atoms with van der Waals surface area (Å²) in [5, 5.41) is 13.2. The summed E-state index contributed by atoms with van der Waals surface area (Å²) in [5.74, 6) is -0.718. The third-order valence-electron chi connectivity index (χ3n) is 5.45. The van der Waals surface area contributed by atoms with Gasteiger partial charge in [0.2, 0.25) is 0 Å². The number of aromatic nitrogens is 1. The molecule has 1 unspecified atom stereocenters. The first-order valence-electron chi connectivity index (χ1n) is 12.3. The maximum atomic E-state index is 13.6. The average Bonchev–Trinajstić information content (AvgIpc) is 2.74. The molecule has 35 heavy (non-hydrogen) atoms. The summed E-state index contributed by atoms with van der Waals surface area (Å²) >= 11 is 0. The number of alkyl carbamates (subject to hydrolysis) is 1. The lowest BCUT2D eigenvalue weighted by molar-refractivity contribution is -0.141. The first-order chi connectivity index (χ1) is 16.3. The van der Waals surface area contributed by atoms with Gasteiger partial charge in [0.1, 0.15) is 11.4 Å². The van der Waals surface area contributed by atoms with Crippen molar-refractivity contribution < 1.29 is 24.2 Å². The standard InChI is InChI=1S/C27H40N2O6/c1-8-9-12-34-23-21-14-19(13-18(4)25(31)32)10-11-20(21)24(30)29(16-17(2)3)22(23)15-28-26(33)35-27(5,6)7/h10-11,14,17-18H,8-9,12-13,15-16H2,1-7H3,(H,28,33)(H,31,32). The van der Waals surface area contributed by atoms with Gasteiger partial charge < -0.3 is 24.5 Å². The van der Waals surface area contributed by atoms with E-state index in [0.717, 1.165) is 18.4 Å². The second-order valence-corrected chi connectivity index (χ2v) is 10.5. The topological polar surface area (TPSA) is 107 Å². The molecule has 0 saturated heterocycles. The molecule has 2 N–H and O–H groups in total. The molecule has 0 fully saturated rings. The van der Waals surface area contributed by atoms with Gasteiger partial charge >= 0.3 is 12.1 Å². The predicted molar refractivity (Wildman–Crippen MR) is 137 cm³/mol. The zero-order valence-electron chi connectivity index (χ0n) is 22.1. The molecule has 0 bridgehead atoms. The predicted octanol–water partition coefficient (Wildman–Crippen LogP) is 5.12. The molecule has 2 aromatic rings. The summed E-state index contributed by atoms with van der Waals surface area (Å²) in [6, 6.07) is 5.39. The molecule has 2 rings (SSSR count). The van der Waals surface area contributed by atoms with E-state index in [4.69, 9.17) is 9.47 Å². The lowest BCUT2D eigenvalue weighted by Gasteiger charge is -2.23. The van der Waals surface area contributed by atoms with Gasteiger partial charge in [0.05, 0.1) is 30.1 Å². The van der Waals surface area contributed by atoms with Crippen molar-refractivity contribution in [1.29, 1.82) is 0 Å². The summed E-state index contributed by atoms with van der Waals surface area (Å²) in [4.78, 5) is 37.3. The SMILES string of the molecule is CCCCOc1c(CNC(=O)OC(C)(C)C)n(CC(C)C)c(=O)c2ccc(CC(C)C(=O)O)cc12. The Hall–Kier alpha value is -3.03. The van der Waals surface area contributed by atoms with E-state index in [1.807, 2.05) is 19.9 Å². The van der Waals surface area contributed by atoms with E-state index in [2.05, 4.69) is 12.2 Å². The number of carboxylic acids is 1. The van der Waals surface area contributed by atoms with Gasteiger partial charge in [-0.1, -0.05) is 40.2 Å². The highest BCUT2D eigenvalue weighted by molar-refractivity contribution is 5.89. The molecule has 1 atom stereocenters. The number of nitrogens with one attached hydrogen (secondary N) is 1. The Morgan fingerprint density at radius 3 is 2.40 bits per heavy atom. The number of nitrogens with zero attached hydrogens (tertiary/aromatic N) is 1. The number of fused-ring (bicyclic) bond motifs is 1. The summed E-state index contributed by atoms with van der Waals surface area (Å²) in [6.07, 6.45) is 1.53. The lowest BCUT2D eigenvalue weighted by atomic mass is 9.98. The Bertz CT molecular complexity index is 1100. The van der Waals surface area contributed by atoms with Crippen LogP contribution in [0.5, 0.6) is 5.75 Å². The highest BCUT2D eigenvalue weighted by Gasteiger charge is 2.22. The molecule has 0 aliphatic rings. The third kappa shape index (κ3) is 8.01. The van der Waals surface area contributed by atoms with Crippen molar-refractivity contribution in [2.24, 2.45) is 11.8 Å². The number of benzene rings is 1. The van der Waals surface area contributed by atoms with Crippen molar-refractivity contribution >= 4 is 22.8 Å². The molecule has 0 radical (unpaired) electrons. The van der Waals surface area contributed by atoms with Crippen LogP contribution in [0.15, 0.2) is 23.0 Å². The van der Waals surface area contributed by atoms with E-state index in [-0.39, 0.29) is 18.0 Å². The maximum Gasteiger partial charge on any atom is 0.407 e.